The van der Waals surface area contributed by atoms with E-state index in [1.807, 2.05) is 13.8 Å². The van der Waals surface area contributed by atoms with Crippen LogP contribution in [-0.2, 0) is 17.6 Å². The van der Waals surface area contributed by atoms with Crippen molar-refractivity contribution in [3.8, 4) is 0 Å². The van der Waals surface area contributed by atoms with Crippen LogP contribution in [0.2, 0.25) is 0 Å². The van der Waals surface area contributed by atoms with E-state index < -0.39 is 11.7 Å². The molecule has 0 fully saturated rings. The molecule has 1 rings (SSSR count). The van der Waals surface area contributed by atoms with Gasteiger partial charge in [0.1, 0.15) is 6.61 Å². The Morgan fingerprint density at radius 3 is 2.52 bits per heavy atom. The van der Waals surface area contributed by atoms with Gasteiger partial charge in [-0.3, -0.25) is 0 Å². The number of benzene rings is 1. The van der Waals surface area contributed by atoms with Crippen molar-refractivity contribution in [2.45, 2.75) is 58.7 Å². The first-order chi connectivity index (χ1) is 9.93. The molecular weight excluding hydrogens is 279 g/mol. The van der Waals surface area contributed by atoms with Crippen LogP contribution in [0.4, 0.5) is 13.2 Å². The Morgan fingerprint density at radius 2 is 2.00 bits per heavy atom. The Morgan fingerprint density at radius 1 is 1.29 bits per heavy atom. The average molecular weight is 301 g/mol. The Hall–Kier alpha value is -1.52. The van der Waals surface area contributed by atoms with Crippen molar-refractivity contribution in [3.63, 3.8) is 0 Å². The molecule has 1 unspecified atom stereocenters. The lowest BCUT2D eigenvalue weighted by molar-refractivity contribution is -0.138. The largest absolute Gasteiger partial charge is 0.416 e. The topological polar surface area (TPSA) is 21.6 Å². The molecule has 2 nitrogen and oxygen atoms in total. The first-order valence-electron chi connectivity index (χ1n) is 7.23. The molecule has 5 heteroatoms. The smallest absolute Gasteiger partial charge is 0.391 e. The van der Waals surface area contributed by atoms with Crippen LogP contribution >= 0.6 is 0 Å². The van der Waals surface area contributed by atoms with Crippen LogP contribution in [0, 0.1) is 0 Å². The van der Waals surface area contributed by atoms with Gasteiger partial charge in [0.25, 0.3) is 0 Å². The molecule has 118 valence electrons. The Labute approximate surface area is 124 Å². The van der Waals surface area contributed by atoms with Crippen molar-refractivity contribution in [1.29, 1.82) is 0 Å². The molecule has 1 aromatic carbocycles. The molecule has 0 aliphatic rings. The summed E-state index contributed by atoms with van der Waals surface area (Å²) >= 11 is 0. The molecule has 0 bridgehead atoms. The second-order valence-corrected chi connectivity index (χ2v) is 4.95. The maximum absolute atomic E-state index is 13.3. The fraction of sp³-hybridized carbons (Fsp3) is 0.562. The van der Waals surface area contributed by atoms with Gasteiger partial charge in [-0.1, -0.05) is 37.6 Å². The molecule has 1 aromatic rings. The van der Waals surface area contributed by atoms with Gasteiger partial charge in [-0.05, 0) is 42.9 Å². The third-order valence-electron chi connectivity index (χ3n) is 3.40. The lowest BCUT2D eigenvalue weighted by Crippen LogP contribution is -2.13. The van der Waals surface area contributed by atoms with Crippen LogP contribution in [0.15, 0.2) is 23.4 Å². The van der Waals surface area contributed by atoms with Crippen molar-refractivity contribution in [1.82, 2.24) is 0 Å². The fourth-order valence-electron chi connectivity index (χ4n) is 2.41. The van der Waals surface area contributed by atoms with Gasteiger partial charge in [-0.15, -0.1) is 0 Å². The lowest BCUT2D eigenvalue weighted by Gasteiger charge is -2.21. The molecule has 0 aromatic heterocycles. The molecule has 21 heavy (non-hydrogen) atoms. The molecule has 0 aliphatic carbocycles. The standard InChI is InChI=1S/C16H22F3NO/c1-4-7-13(5-2)14-9-8-12(11-21-20-6-3)10-15(14)16(17,18)19/h6,8-10,13H,4-5,7,11H2,1-3H3. The summed E-state index contributed by atoms with van der Waals surface area (Å²) in [6.07, 6.45) is -0.567. The minimum absolute atomic E-state index is 0.0399. The van der Waals surface area contributed by atoms with Gasteiger partial charge in [0, 0.05) is 6.21 Å². The first-order valence-corrected chi connectivity index (χ1v) is 7.23. The molecule has 0 radical (unpaired) electrons. The monoisotopic (exact) mass is 301 g/mol. The first kappa shape index (κ1) is 17.5. The number of halogens is 3. The van der Waals surface area contributed by atoms with Crippen LogP contribution in [0.1, 0.15) is 62.6 Å². The maximum Gasteiger partial charge on any atom is 0.416 e. The molecule has 0 aliphatic heterocycles. The van der Waals surface area contributed by atoms with E-state index in [9.17, 15) is 13.2 Å². The van der Waals surface area contributed by atoms with Crippen molar-refractivity contribution >= 4 is 6.21 Å². The predicted octanol–water partition coefficient (Wildman–Crippen LogP) is 5.52. The van der Waals surface area contributed by atoms with Crippen molar-refractivity contribution in [3.05, 3.63) is 34.9 Å². The number of rotatable bonds is 7. The SMILES string of the molecule is CC=NOCc1ccc(C(CC)CCC)c(C(F)(F)F)c1. The maximum atomic E-state index is 13.3. The van der Waals surface area contributed by atoms with Gasteiger partial charge < -0.3 is 4.84 Å². The summed E-state index contributed by atoms with van der Waals surface area (Å²) in [5, 5.41) is 3.56. The second kappa shape index (κ2) is 8.05. The van der Waals surface area contributed by atoms with E-state index in [4.69, 9.17) is 4.84 Å². The van der Waals surface area contributed by atoms with E-state index in [1.54, 1.807) is 19.1 Å². The Kier molecular flexibility index (Phi) is 6.72. The minimum atomic E-state index is -4.35. The number of alkyl halides is 3. The van der Waals surface area contributed by atoms with E-state index in [2.05, 4.69) is 5.16 Å². The number of hydrogen-bond acceptors (Lipinski definition) is 2. The van der Waals surface area contributed by atoms with Crippen molar-refractivity contribution in [2.24, 2.45) is 5.16 Å². The number of oxime groups is 1. The summed E-state index contributed by atoms with van der Waals surface area (Å²) in [5.74, 6) is -0.0599. The van der Waals surface area contributed by atoms with E-state index in [0.29, 0.717) is 17.5 Å². The van der Waals surface area contributed by atoms with Crippen LogP contribution in [0.3, 0.4) is 0 Å². The molecule has 1 atom stereocenters. The molecule has 0 heterocycles. The van der Waals surface area contributed by atoms with Crippen LogP contribution in [-0.4, -0.2) is 6.21 Å². The Balaban J connectivity index is 3.13. The van der Waals surface area contributed by atoms with Gasteiger partial charge in [-0.2, -0.15) is 13.2 Å². The zero-order valence-electron chi connectivity index (χ0n) is 12.7. The van der Waals surface area contributed by atoms with Crippen LogP contribution in [0.25, 0.3) is 0 Å². The highest BCUT2D eigenvalue weighted by atomic mass is 19.4. The molecular formula is C16H22F3NO. The quantitative estimate of drug-likeness (QED) is 0.480. The molecule has 0 N–H and O–H groups in total. The summed E-state index contributed by atoms with van der Waals surface area (Å²) in [5.41, 5.74) is 0.307. The normalized spacial score (nSPS) is 13.6. The van der Waals surface area contributed by atoms with Crippen LogP contribution in [0.5, 0.6) is 0 Å². The van der Waals surface area contributed by atoms with Gasteiger partial charge >= 0.3 is 6.18 Å². The lowest BCUT2D eigenvalue weighted by atomic mass is 9.87. The average Bonchev–Trinajstić information content (AvgIpc) is 2.44. The minimum Gasteiger partial charge on any atom is -0.391 e. The van der Waals surface area contributed by atoms with E-state index in [1.165, 1.54) is 12.3 Å². The summed E-state index contributed by atoms with van der Waals surface area (Å²) < 4.78 is 39.8. The fourth-order valence-corrected chi connectivity index (χ4v) is 2.41. The number of hydrogen-bond donors (Lipinski definition) is 0. The highest BCUT2D eigenvalue weighted by Crippen LogP contribution is 2.38. The van der Waals surface area contributed by atoms with E-state index in [0.717, 1.165) is 12.8 Å². The van der Waals surface area contributed by atoms with Crippen molar-refractivity contribution < 1.29 is 18.0 Å². The van der Waals surface area contributed by atoms with E-state index in [-0.39, 0.29) is 12.5 Å². The molecule has 0 spiro atoms. The summed E-state index contributed by atoms with van der Waals surface area (Å²) in [7, 11) is 0. The summed E-state index contributed by atoms with van der Waals surface area (Å²) in [4.78, 5) is 4.91. The zero-order valence-corrected chi connectivity index (χ0v) is 12.7. The van der Waals surface area contributed by atoms with E-state index >= 15 is 0 Å². The molecule has 0 saturated heterocycles. The summed E-state index contributed by atoms with van der Waals surface area (Å²) in [6, 6.07) is 4.45. The molecule has 0 saturated carbocycles. The predicted molar refractivity (Wildman–Crippen MR) is 78.3 cm³/mol. The third kappa shape index (κ3) is 5.06. The zero-order chi connectivity index (χ0) is 15.9. The highest BCUT2D eigenvalue weighted by molar-refractivity contribution is 5.52. The van der Waals surface area contributed by atoms with Crippen molar-refractivity contribution in [2.75, 3.05) is 0 Å². The highest BCUT2D eigenvalue weighted by Gasteiger charge is 2.35. The van der Waals surface area contributed by atoms with Gasteiger partial charge in [-0.25, -0.2) is 0 Å². The van der Waals surface area contributed by atoms with Gasteiger partial charge in [0.2, 0.25) is 0 Å². The molecule has 0 amide bonds. The van der Waals surface area contributed by atoms with Crippen LogP contribution < -0.4 is 0 Å². The second-order valence-electron chi connectivity index (χ2n) is 4.95. The Bertz CT molecular complexity index is 469. The third-order valence-corrected chi connectivity index (χ3v) is 3.40. The number of nitrogens with zero attached hydrogens (tertiary/aromatic N) is 1. The van der Waals surface area contributed by atoms with Gasteiger partial charge in [0.05, 0.1) is 5.56 Å². The van der Waals surface area contributed by atoms with Gasteiger partial charge in [0.15, 0.2) is 0 Å². The summed E-state index contributed by atoms with van der Waals surface area (Å²) in [6.45, 7) is 5.63.